The summed E-state index contributed by atoms with van der Waals surface area (Å²) in [6.07, 6.45) is 1.47. The van der Waals surface area contributed by atoms with Gasteiger partial charge in [0, 0.05) is 5.41 Å². The Bertz CT molecular complexity index is 560. The van der Waals surface area contributed by atoms with Crippen LogP contribution in [0.3, 0.4) is 0 Å². The zero-order valence-electron chi connectivity index (χ0n) is 11.5. The van der Waals surface area contributed by atoms with Crippen LogP contribution in [0.2, 0.25) is 0 Å². The summed E-state index contributed by atoms with van der Waals surface area (Å²) in [7, 11) is 1.45. The second-order valence-electron chi connectivity index (χ2n) is 5.18. The Labute approximate surface area is 112 Å². The van der Waals surface area contributed by atoms with E-state index in [9.17, 15) is 9.90 Å². The highest BCUT2D eigenvalue weighted by molar-refractivity contribution is 6.06. The van der Waals surface area contributed by atoms with Gasteiger partial charge in [-0.3, -0.25) is 4.79 Å². The minimum atomic E-state index is -0.615. The monoisotopic (exact) mass is 259 g/mol. The zero-order valence-corrected chi connectivity index (χ0v) is 11.5. The van der Waals surface area contributed by atoms with Crippen molar-refractivity contribution in [2.45, 2.75) is 20.8 Å². The predicted molar refractivity (Wildman–Crippen MR) is 72.7 cm³/mol. The largest absolute Gasteiger partial charge is 0.504 e. The van der Waals surface area contributed by atoms with Crippen LogP contribution in [-0.2, 0) is 4.79 Å². The number of aromatic hydroxyl groups is 1. The summed E-state index contributed by atoms with van der Waals surface area (Å²) in [5.74, 6) is 0.0832. The van der Waals surface area contributed by atoms with E-state index in [1.807, 2.05) is 6.07 Å². The molecule has 0 aliphatic heterocycles. The van der Waals surface area contributed by atoms with E-state index in [1.165, 1.54) is 19.3 Å². The van der Waals surface area contributed by atoms with Gasteiger partial charge in [0.1, 0.15) is 6.07 Å². The number of nitrogens with zero attached hydrogens (tertiary/aromatic N) is 1. The summed E-state index contributed by atoms with van der Waals surface area (Å²) < 4.78 is 4.93. The topological polar surface area (TPSA) is 70.3 Å². The second kappa shape index (κ2) is 5.57. The number of benzene rings is 1. The molecule has 100 valence electrons. The average Bonchev–Trinajstić information content (AvgIpc) is 2.34. The van der Waals surface area contributed by atoms with Crippen molar-refractivity contribution in [1.82, 2.24) is 0 Å². The molecule has 0 unspecified atom stereocenters. The third-order valence-corrected chi connectivity index (χ3v) is 2.56. The van der Waals surface area contributed by atoms with Crippen molar-refractivity contribution >= 4 is 11.9 Å². The van der Waals surface area contributed by atoms with E-state index in [-0.39, 0.29) is 17.1 Å². The fourth-order valence-corrected chi connectivity index (χ4v) is 1.52. The molecule has 0 heterocycles. The first kappa shape index (κ1) is 14.8. The molecule has 0 radical (unpaired) electrons. The highest BCUT2D eigenvalue weighted by atomic mass is 16.5. The van der Waals surface area contributed by atoms with Crippen LogP contribution in [0, 0.1) is 16.7 Å². The van der Waals surface area contributed by atoms with Crippen LogP contribution < -0.4 is 4.74 Å². The Morgan fingerprint density at radius 2 is 2.05 bits per heavy atom. The lowest BCUT2D eigenvalue weighted by Crippen LogP contribution is -2.21. The van der Waals surface area contributed by atoms with Crippen LogP contribution in [0.4, 0.5) is 0 Å². The summed E-state index contributed by atoms with van der Waals surface area (Å²) in [5.41, 5.74) is 0.0281. The Hall–Kier alpha value is -2.28. The lowest BCUT2D eigenvalue weighted by molar-refractivity contribution is -0.121. The molecule has 0 bridgehead atoms. The Balaban J connectivity index is 3.17. The van der Waals surface area contributed by atoms with Crippen molar-refractivity contribution in [3.8, 4) is 17.6 Å². The molecule has 4 heteroatoms. The molecular formula is C15H17NO3. The minimum absolute atomic E-state index is 0.0308. The van der Waals surface area contributed by atoms with Crippen molar-refractivity contribution in [3.05, 3.63) is 29.3 Å². The number of phenols is 1. The smallest absolute Gasteiger partial charge is 0.178 e. The predicted octanol–water partition coefficient (Wildman–Crippen LogP) is 2.92. The average molecular weight is 259 g/mol. The first-order chi connectivity index (χ1) is 8.79. The molecule has 1 rings (SSSR count). The number of carbonyl (C=O) groups excluding carboxylic acids is 1. The maximum Gasteiger partial charge on any atom is 0.178 e. The van der Waals surface area contributed by atoms with Crippen LogP contribution in [0.1, 0.15) is 26.3 Å². The lowest BCUT2D eigenvalue weighted by Gasteiger charge is -2.15. The van der Waals surface area contributed by atoms with Gasteiger partial charge in [0.15, 0.2) is 17.3 Å². The normalized spacial score (nSPS) is 11.8. The van der Waals surface area contributed by atoms with Crippen molar-refractivity contribution in [1.29, 1.82) is 5.26 Å². The van der Waals surface area contributed by atoms with E-state index < -0.39 is 5.41 Å². The number of phenolic OH excluding ortho intramolecular Hbond substituents is 1. The second-order valence-corrected chi connectivity index (χ2v) is 5.18. The third kappa shape index (κ3) is 3.59. The fourth-order valence-electron chi connectivity index (χ4n) is 1.52. The molecule has 1 aromatic carbocycles. The highest BCUT2D eigenvalue weighted by Crippen LogP contribution is 2.28. The van der Waals surface area contributed by atoms with Gasteiger partial charge in [0.25, 0.3) is 0 Å². The van der Waals surface area contributed by atoms with Gasteiger partial charge in [-0.15, -0.1) is 0 Å². The molecule has 19 heavy (non-hydrogen) atoms. The van der Waals surface area contributed by atoms with Crippen molar-refractivity contribution < 1.29 is 14.6 Å². The van der Waals surface area contributed by atoms with Crippen LogP contribution in [0.15, 0.2) is 23.8 Å². The molecule has 0 saturated heterocycles. The van der Waals surface area contributed by atoms with Crippen molar-refractivity contribution in [3.63, 3.8) is 0 Å². The standard InChI is InChI=1S/C15H17NO3/c1-15(2,3)14(18)11(9-16)7-10-5-6-13(19-4)12(17)8-10/h5-8,17H,1-4H3/b11-7-. The van der Waals surface area contributed by atoms with Gasteiger partial charge in [-0.25, -0.2) is 0 Å². The molecule has 0 aliphatic carbocycles. The third-order valence-electron chi connectivity index (χ3n) is 2.56. The van der Waals surface area contributed by atoms with Gasteiger partial charge in [0.05, 0.1) is 12.7 Å². The number of Topliss-reactive ketones (excluding diaryl/α,β-unsaturated/α-hetero) is 1. The van der Waals surface area contributed by atoms with E-state index in [1.54, 1.807) is 32.9 Å². The Kier molecular flexibility index (Phi) is 4.34. The maximum absolute atomic E-state index is 12.0. The SMILES string of the molecule is COc1ccc(/C=C(/C#N)C(=O)C(C)(C)C)cc1O. The number of hydrogen-bond acceptors (Lipinski definition) is 4. The van der Waals surface area contributed by atoms with E-state index in [0.29, 0.717) is 11.3 Å². The molecule has 0 spiro atoms. The summed E-state index contributed by atoms with van der Waals surface area (Å²) in [6.45, 7) is 5.27. The van der Waals surface area contributed by atoms with Crippen LogP contribution in [-0.4, -0.2) is 18.0 Å². The fraction of sp³-hybridized carbons (Fsp3) is 0.333. The number of ketones is 1. The molecule has 0 aromatic heterocycles. The van der Waals surface area contributed by atoms with E-state index in [2.05, 4.69) is 0 Å². The zero-order chi connectivity index (χ0) is 14.6. The molecule has 0 fully saturated rings. The quantitative estimate of drug-likeness (QED) is 0.669. The molecule has 0 atom stereocenters. The van der Waals surface area contributed by atoms with Gasteiger partial charge < -0.3 is 9.84 Å². The number of ether oxygens (including phenoxy) is 1. The van der Waals surface area contributed by atoms with Crippen molar-refractivity contribution in [2.75, 3.05) is 7.11 Å². The number of allylic oxidation sites excluding steroid dienone is 1. The van der Waals surface area contributed by atoms with Crippen LogP contribution in [0.5, 0.6) is 11.5 Å². The Morgan fingerprint density at radius 1 is 1.42 bits per heavy atom. The lowest BCUT2D eigenvalue weighted by atomic mass is 9.86. The minimum Gasteiger partial charge on any atom is -0.504 e. The van der Waals surface area contributed by atoms with Gasteiger partial charge in [0.2, 0.25) is 0 Å². The highest BCUT2D eigenvalue weighted by Gasteiger charge is 2.24. The molecular weight excluding hydrogens is 242 g/mol. The summed E-state index contributed by atoms with van der Waals surface area (Å²) >= 11 is 0. The van der Waals surface area contributed by atoms with Crippen molar-refractivity contribution in [2.24, 2.45) is 5.41 Å². The van der Waals surface area contributed by atoms with Gasteiger partial charge in [-0.2, -0.15) is 5.26 Å². The number of carbonyl (C=O) groups is 1. The summed E-state index contributed by atoms with van der Waals surface area (Å²) in [6, 6.07) is 6.61. The number of methoxy groups -OCH3 is 1. The maximum atomic E-state index is 12.0. The van der Waals surface area contributed by atoms with Gasteiger partial charge in [-0.1, -0.05) is 26.8 Å². The van der Waals surface area contributed by atoms with Gasteiger partial charge in [-0.05, 0) is 23.8 Å². The van der Waals surface area contributed by atoms with E-state index in [4.69, 9.17) is 10.00 Å². The van der Waals surface area contributed by atoms with E-state index in [0.717, 1.165) is 0 Å². The number of hydrogen-bond donors (Lipinski definition) is 1. The molecule has 4 nitrogen and oxygen atoms in total. The molecule has 1 aromatic rings. The van der Waals surface area contributed by atoms with Gasteiger partial charge >= 0.3 is 0 Å². The van der Waals surface area contributed by atoms with Crippen LogP contribution >= 0.6 is 0 Å². The summed E-state index contributed by atoms with van der Waals surface area (Å²) in [5, 5.41) is 18.7. The van der Waals surface area contributed by atoms with Crippen LogP contribution in [0.25, 0.3) is 6.08 Å². The molecule has 0 saturated carbocycles. The molecule has 1 N–H and O–H groups in total. The first-order valence-electron chi connectivity index (χ1n) is 5.83. The number of rotatable bonds is 3. The molecule has 0 amide bonds. The first-order valence-corrected chi connectivity index (χ1v) is 5.83. The Morgan fingerprint density at radius 3 is 2.47 bits per heavy atom. The molecule has 0 aliphatic rings. The number of nitriles is 1. The van der Waals surface area contributed by atoms with E-state index >= 15 is 0 Å². The summed E-state index contributed by atoms with van der Waals surface area (Å²) in [4.78, 5) is 12.0.